The molecule has 0 unspecified atom stereocenters. The van der Waals surface area contributed by atoms with Crippen LogP contribution >= 0.6 is 0 Å². The first-order valence-electron chi connectivity index (χ1n) is 5.92. The van der Waals surface area contributed by atoms with Gasteiger partial charge in [0, 0.05) is 5.56 Å². The molecular formula is C15H16N2O2. The van der Waals surface area contributed by atoms with Crippen LogP contribution in [0, 0.1) is 13.8 Å². The second-order valence-corrected chi connectivity index (χ2v) is 4.46. The van der Waals surface area contributed by atoms with Crippen molar-refractivity contribution in [1.29, 1.82) is 0 Å². The minimum Gasteiger partial charge on any atom is -0.455 e. The third kappa shape index (κ3) is 2.85. The number of nitrogen functional groups attached to an aromatic ring is 1. The van der Waals surface area contributed by atoms with Gasteiger partial charge in [-0.05, 0) is 55.3 Å². The third-order valence-corrected chi connectivity index (χ3v) is 3.00. The largest absolute Gasteiger partial charge is 0.455 e. The van der Waals surface area contributed by atoms with Crippen molar-refractivity contribution in [2.24, 2.45) is 5.73 Å². The maximum absolute atomic E-state index is 11.0. The van der Waals surface area contributed by atoms with Gasteiger partial charge in [0.2, 0.25) is 5.91 Å². The highest BCUT2D eigenvalue weighted by Gasteiger charge is 2.07. The number of rotatable bonds is 3. The molecule has 0 aliphatic carbocycles. The van der Waals surface area contributed by atoms with E-state index in [1.165, 1.54) is 11.6 Å². The third-order valence-electron chi connectivity index (χ3n) is 3.00. The molecule has 0 aliphatic rings. The monoisotopic (exact) mass is 256 g/mol. The lowest BCUT2D eigenvalue weighted by atomic mass is 10.1. The molecule has 0 heterocycles. The summed E-state index contributed by atoms with van der Waals surface area (Å²) < 4.78 is 5.70. The molecule has 2 aromatic rings. The van der Waals surface area contributed by atoms with E-state index in [9.17, 15) is 4.79 Å². The molecule has 0 saturated carbocycles. The lowest BCUT2D eigenvalue weighted by Gasteiger charge is -2.10. The zero-order valence-electron chi connectivity index (χ0n) is 10.9. The van der Waals surface area contributed by atoms with Gasteiger partial charge in [-0.15, -0.1) is 0 Å². The lowest BCUT2D eigenvalue weighted by molar-refractivity contribution is 0.100. The zero-order valence-corrected chi connectivity index (χ0v) is 10.9. The van der Waals surface area contributed by atoms with E-state index < -0.39 is 5.91 Å². The topological polar surface area (TPSA) is 78.3 Å². The Labute approximate surface area is 112 Å². The van der Waals surface area contributed by atoms with Gasteiger partial charge in [0.05, 0.1) is 5.69 Å². The van der Waals surface area contributed by atoms with Crippen LogP contribution in [0.2, 0.25) is 0 Å². The van der Waals surface area contributed by atoms with Crippen molar-refractivity contribution >= 4 is 11.6 Å². The molecule has 0 saturated heterocycles. The summed E-state index contributed by atoms with van der Waals surface area (Å²) >= 11 is 0. The zero-order chi connectivity index (χ0) is 14.0. The predicted octanol–water partition coefficient (Wildman–Crippen LogP) is 2.78. The number of aryl methyl sites for hydroxylation is 2. The van der Waals surface area contributed by atoms with Crippen LogP contribution < -0.4 is 16.2 Å². The van der Waals surface area contributed by atoms with Gasteiger partial charge in [-0.2, -0.15) is 0 Å². The SMILES string of the molecule is Cc1ccc(Oc2ccc(C(N)=O)cc2N)cc1C. The molecule has 0 radical (unpaired) electrons. The van der Waals surface area contributed by atoms with Crippen LogP contribution in [-0.2, 0) is 0 Å². The highest BCUT2D eigenvalue weighted by atomic mass is 16.5. The van der Waals surface area contributed by atoms with Gasteiger partial charge in [-0.3, -0.25) is 4.79 Å². The quantitative estimate of drug-likeness (QED) is 0.829. The minimum atomic E-state index is -0.510. The lowest BCUT2D eigenvalue weighted by Crippen LogP contribution is -2.11. The molecule has 0 atom stereocenters. The second-order valence-electron chi connectivity index (χ2n) is 4.46. The molecule has 2 rings (SSSR count). The number of benzene rings is 2. The summed E-state index contributed by atoms with van der Waals surface area (Å²) in [5, 5.41) is 0. The van der Waals surface area contributed by atoms with Crippen molar-refractivity contribution in [3.8, 4) is 11.5 Å². The number of nitrogens with two attached hydrogens (primary N) is 2. The van der Waals surface area contributed by atoms with E-state index in [0.717, 1.165) is 5.56 Å². The first kappa shape index (κ1) is 13.0. The molecule has 4 heteroatoms. The van der Waals surface area contributed by atoms with E-state index in [1.807, 2.05) is 32.0 Å². The summed E-state index contributed by atoms with van der Waals surface area (Å²) in [5.41, 5.74) is 14.1. The Hall–Kier alpha value is -2.49. The van der Waals surface area contributed by atoms with Gasteiger partial charge in [0.25, 0.3) is 0 Å². The Morgan fingerprint density at radius 2 is 1.79 bits per heavy atom. The van der Waals surface area contributed by atoms with E-state index in [-0.39, 0.29) is 0 Å². The van der Waals surface area contributed by atoms with Crippen molar-refractivity contribution in [1.82, 2.24) is 0 Å². The summed E-state index contributed by atoms with van der Waals surface area (Å²) in [7, 11) is 0. The Morgan fingerprint density at radius 1 is 1.05 bits per heavy atom. The van der Waals surface area contributed by atoms with Gasteiger partial charge < -0.3 is 16.2 Å². The maximum Gasteiger partial charge on any atom is 0.248 e. The van der Waals surface area contributed by atoms with E-state index in [1.54, 1.807) is 12.1 Å². The number of ether oxygens (including phenoxy) is 1. The average Bonchev–Trinajstić information content (AvgIpc) is 2.36. The molecule has 98 valence electrons. The van der Waals surface area contributed by atoms with Crippen LogP contribution in [0.25, 0.3) is 0 Å². The van der Waals surface area contributed by atoms with Crippen LogP contribution in [0.1, 0.15) is 21.5 Å². The van der Waals surface area contributed by atoms with Crippen LogP contribution in [-0.4, -0.2) is 5.91 Å². The summed E-state index contributed by atoms with van der Waals surface area (Å²) in [4.78, 5) is 11.0. The predicted molar refractivity (Wildman–Crippen MR) is 75.4 cm³/mol. The van der Waals surface area contributed by atoms with Crippen LogP contribution in [0.4, 0.5) is 5.69 Å². The average molecular weight is 256 g/mol. The fourth-order valence-electron chi connectivity index (χ4n) is 1.70. The summed E-state index contributed by atoms with van der Waals surface area (Å²) in [6.45, 7) is 4.05. The van der Waals surface area contributed by atoms with E-state index in [0.29, 0.717) is 22.7 Å². The van der Waals surface area contributed by atoms with Crippen molar-refractivity contribution in [2.45, 2.75) is 13.8 Å². The first-order valence-corrected chi connectivity index (χ1v) is 5.92. The second kappa shape index (κ2) is 5.02. The van der Waals surface area contributed by atoms with Crippen LogP contribution in [0.3, 0.4) is 0 Å². The first-order chi connectivity index (χ1) is 8.97. The highest BCUT2D eigenvalue weighted by molar-refractivity contribution is 5.94. The van der Waals surface area contributed by atoms with Gasteiger partial charge >= 0.3 is 0 Å². The number of carbonyl (C=O) groups is 1. The van der Waals surface area contributed by atoms with Crippen molar-refractivity contribution in [3.63, 3.8) is 0 Å². The summed E-state index contributed by atoms with van der Waals surface area (Å²) in [5.74, 6) is 0.708. The molecule has 0 bridgehead atoms. The number of primary amides is 1. The molecule has 2 aromatic carbocycles. The minimum absolute atomic E-state index is 0.366. The number of hydrogen-bond acceptors (Lipinski definition) is 3. The molecule has 0 spiro atoms. The molecule has 0 aromatic heterocycles. The molecule has 19 heavy (non-hydrogen) atoms. The van der Waals surface area contributed by atoms with Gasteiger partial charge in [0.15, 0.2) is 0 Å². The number of carbonyl (C=O) groups excluding carboxylic acids is 1. The Balaban J connectivity index is 2.28. The van der Waals surface area contributed by atoms with Crippen LogP contribution in [0.5, 0.6) is 11.5 Å². The number of amides is 1. The number of anilines is 1. The van der Waals surface area contributed by atoms with Gasteiger partial charge in [0.1, 0.15) is 11.5 Å². The summed E-state index contributed by atoms with van der Waals surface area (Å²) in [6.07, 6.45) is 0. The smallest absolute Gasteiger partial charge is 0.248 e. The highest BCUT2D eigenvalue weighted by Crippen LogP contribution is 2.29. The molecule has 0 fully saturated rings. The molecule has 1 amide bonds. The molecule has 4 N–H and O–H groups in total. The van der Waals surface area contributed by atoms with Crippen molar-refractivity contribution in [2.75, 3.05) is 5.73 Å². The molecular weight excluding hydrogens is 240 g/mol. The molecule has 0 aliphatic heterocycles. The fourth-order valence-corrected chi connectivity index (χ4v) is 1.70. The van der Waals surface area contributed by atoms with Crippen molar-refractivity contribution < 1.29 is 9.53 Å². The fraction of sp³-hybridized carbons (Fsp3) is 0.133. The van der Waals surface area contributed by atoms with Gasteiger partial charge in [-0.1, -0.05) is 6.07 Å². The maximum atomic E-state index is 11.0. The van der Waals surface area contributed by atoms with E-state index >= 15 is 0 Å². The van der Waals surface area contributed by atoms with Gasteiger partial charge in [-0.25, -0.2) is 0 Å². The van der Waals surface area contributed by atoms with Crippen molar-refractivity contribution in [3.05, 3.63) is 53.1 Å². The van der Waals surface area contributed by atoms with E-state index in [2.05, 4.69) is 0 Å². The normalized spacial score (nSPS) is 10.2. The van der Waals surface area contributed by atoms with E-state index in [4.69, 9.17) is 16.2 Å². The Bertz CT molecular complexity index is 636. The standard InChI is InChI=1S/C15H16N2O2/c1-9-3-5-12(7-10(9)2)19-14-6-4-11(15(17)18)8-13(14)16/h3-8H,16H2,1-2H3,(H2,17,18). The Morgan fingerprint density at radius 3 is 2.37 bits per heavy atom. The Kier molecular flexibility index (Phi) is 3.42. The summed E-state index contributed by atoms with van der Waals surface area (Å²) in [6, 6.07) is 10.6. The molecule has 4 nitrogen and oxygen atoms in total. The van der Waals surface area contributed by atoms with Crippen LogP contribution in [0.15, 0.2) is 36.4 Å². The number of hydrogen-bond donors (Lipinski definition) is 2.